The molecule has 7 nitrogen and oxygen atoms in total. The molecule has 1 amide bonds. The van der Waals surface area contributed by atoms with Gasteiger partial charge < -0.3 is 15.0 Å². The Morgan fingerprint density at radius 1 is 1.23 bits per heavy atom. The van der Waals surface area contributed by atoms with Crippen LogP contribution in [0.15, 0.2) is 60.3 Å². The molecular formula is C23H24FN5O2. The van der Waals surface area contributed by atoms with Gasteiger partial charge in [-0.15, -0.1) is 0 Å². The summed E-state index contributed by atoms with van der Waals surface area (Å²) in [4.78, 5) is 14.6. The smallest absolute Gasteiger partial charge is 0.267 e. The molecule has 0 aromatic heterocycles. The molecule has 8 heteroatoms. The van der Waals surface area contributed by atoms with Gasteiger partial charge in [0.2, 0.25) is 0 Å². The summed E-state index contributed by atoms with van der Waals surface area (Å²) in [6, 6.07) is 15.7. The lowest BCUT2D eigenvalue weighted by atomic mass is 9.85. The lowest BCUT2D eigenvalue weighted by Crippen LogP contribution is -2.43. The number of hydrazine groups is 1. The zero-order valence-electron chi connectivity index (χ0n) is 17.1. The second kappa shape index (κ2) is 9.16. The van der Waals surface area contributed by atoms with Gasteiger partial charge in [-0.05, 0) is 48.4 Å². The van der Waals surface area contributed by atoms with Gasteiger partial charge in [-0.2, -0.15) is 5.26 Å². The van der Waals surface area contributed by atoms with Crippen LogP contribution in [0, 0.1) is 23.1 Å². The van der Waals surface area contributed by atoms with Crippen molar-refractivity contribution in [2.75, 3.05) is 25.5 Å². The summed E-state index contributed by atoms with van der Waals surface area (Å²) in [5.41, 5.74) is 8.28. The minimum absolute atomic E-state index is 0.0282. The van der Waals surface area contributed by atoms with E-state index in [1.807, 2.05) is 11.0 Å². The number of amides is 1. The number of nitrogens with zero attached hydrogens (tertiary/aromatic N) is 2. The Morgan fingerprint density at radius 3 is 2.65 bits per heavy atom. The van der Waals surface area contributed by atoms with Crippen molar-refractivity contribution in [1.82, 2.24) is 15.8 Å². The summed E-state index contributed by atoms with van der Waals surface area (Å²) in [5, 5.41) is 12.3. The van der Waals surface area contributed by atoms with Gasteiger partial charge in [-0.1, -0.05) is 12.1 Å². The van der Waals surface area contributed by atoms with E-state index >= 15 is 0 Å². The normalized spacial score (nSPS) is 23.1. The van der Waals surface area contributed by atoms with Gasteiger partial charge in [0.1, 0.15) is 23.2 Å². The SMILES string of the molecule is COc1ccc(NC(=O)/C(C#N)=C/N2CCC3NNC(c4ccc(F)cc4)C3C2)cc1. The third-order valence-electron chi connectivity index (χ3n) is 5.80. The molecule has 3 N–H and O–H groups in total. The van der Waals surface area contributed by atoms with Crippen molar-refractivity contribution in [3.8, 4) is 11.8 Å². The van der Waals surface area contributed by atoms with E-state index in [1.165, 1.54) is 12.1 Å². The highest BCUT2D eigenvalue weighted by Gasteiger charge is 2.40. The Bertz CT molecular complexity index is 1000. The molecule has 3 unspecified atom stereocenters. The fourth-order valence-corrected chi connectivity index (χ4v) is 4.14. The number of rotatable bonds is 5. The number of ether oxygens (including phenoxy) is 1. The van der Waals surface area contributed by atoms with E-state index in [0.29, 0.717) is 18.0 Å². The predicted molar refractivity (Wildman–Crippen MR) is 114 cm³/mol. The first-order chi connectivity index (χ1) is 15.1. The number of methoxy groups -OCH3 is 1. The summed E-state index contributed by atoms with van der Waals surface area (Å²) in [5.74, 6) is 0.194. The molecular weight excluding hydrogens is 397 g/mol. The maximum absolute atomic E-state index is 13.3. The van der Waals surface area contributed by atoms with Crippen molar-refractivity contribution >= 4 is 11.6 Å². The topological polar surface area (TPSA) is 89.4 Å². The zero-order chi connectivity index (χ0) is 21.8. The first-order valence-electron chi connectivity index (χ1n) is 10.2. The van der Waals surface area contributed by atoms with Crippen molar-refractivity contribution in [2.24, 2.45) is 5.92 Å². The number of carbonyl (C=O) groups is 1. The molecule has 0 aliphatic carbocycles. The van der Waals surface area contributed by atoms with E-state index in [1.54, 1.807) is 49.7 Å². The van der Waals surface area contributed by atoms with E-state index in [-0.39, 0.29) is 29.4 Å². The van der Waals surface area contributed by atoms with Crippen molar-refractivity contribution in [3.63, 3.8) is 0 Å². The first kappa shape index (κ1) is 20.8. The van der Waals surface area contributed by atoms with E-state index < -0.39 is 5.91 Å². The lowest BCUT2D eigenvalue weighted by molar-refractivity contribution is -0.112. The van der Waals surface area contributed by atoms with Crippen LogP contribution in [0.1, 0.15) is 18.0 Å². The monoisotopic (exact) mass is 421 g/mol. The van der Waals surface area contributed by atoms with Gasteiger partial charge >= 0.3 is 0 Å². The standard InChI is InChI=1S/C23H24FN5O2/c1-31-19-8-6-18(7-9-19)26-23(30)16(12-25)13-29-11-10-21-20(14-29)22(28-27-21)15-2-4-17(24)5-3-15/h2-9,13,20-22,27-28H,10-11,14H2,1H3,(H,26,30)/b16-13+. The van der Waals surface area contributed by atoms with Crippen LogP contribution in [-0.2, 0) is 4.79 Å². The molecule has 2 aliphatic rings. The third kappa shape index (κ3) is 4.68. The fourth-order valence-electron chi connectivity index (χ4n) is 4.14. The molecule has 2 aromatic carbocycles. The minimum Gasteiger partial charge on any atom is -0.497 e. The third-order valence-corrected chi connectivity index (χ3v) is 5.80. The maximum Gasteiger partial charge on any atom is 0.267 e. The predicted octanol–water partition coefficient (Wildman–Crippen LogP) is 2.72. The quantitative estimate of drug-likeness (QED) is 0.508. The molecule has 3 atom stereocenters. The molecule has 2 aliphatic heterocycles. The fraction of sp³-hybridized carbons (Fsp3) is 0.304. The number of hydrogen-bond donors (Lipinski definition) is 3. The second-order valence-electron chi connectivity index (χ2n) is 7.71. The van der Waals surface area contributed by atoms with Crippen LogP contribution < -0.4 is 20.9 Å². The van der Waals surface area contributed by atoms with Gasteiger partial charge in [0.15, 0.2) is 0 Å². The van der Waals surface area contributed by atoms with Gasteiger partial charge in [0, 0.05) is 36.9 Å². The summed E-state index contributed by atoms with van der Waals surface area (Å²) < 4.78 is 18.4. The minimum atomic E-state index is -0.451. The average molecular weight is 421 g/mol. The molecule has 2 saturated heterocycles. The first-order valence-corrected chi connectivity index (χ1v) is 10.2. The number of halogens is 1. The second-order valence-corrected chi connectivity index (χ2v) is 7.71. The highest BCUT2D eigenvalue weighted by molar-refractivity contribution is 6.06. The number of hydrogen-bond acceptors (Lipinski definition) is 6. The Kier molecular flexibility index (Phi) is 6.16. The zero-order valence-corrected chi connectivity index (χ0v) is 17.1. The Hall–Kier alpha value is -3.41. The highest BCUT2D eigenvalue weighted by Crippen LogP contribution is 2.34. The van der Waals surface area contributed by atoms with Gasteiger partial charge in [0.05, 0.1) is 13.2 Å². The Morgan fingerprint density at radius 2 is 1.97 bits per heavy atom. The van der Waals surface area contributed by atoms with Crippen molar-refractivity contribution in [2.45, 2.75) is 18.5 Å². The molecule has 4 rings (SSSR count). The van der Waals surface area contributed by atoms with Crippen LogP contribution in [0.5, 0.6) is 5.75 Å². The molecule has 31 heavy (non-hydrogen) atoms. The molecule has 160 valence electrons. The van der Waals surface area contributed by atoms with Crippen molar-refractivity contribution in [1.29, 1.82) is 5.26 Å². The van der Waals surface area contributed by atoms with Crippen LogP contribution >= 0.6 is 0 Å². The Labute approximate surface area is 180 Å². The van der Waals surface area contributed by atoms with E-state index in [2.05, 4.69) is 16.2 Å². The van der Waals surface area contributed by atoms with E-state index in [4.69, 9.17) is 4.74 Å². The molecule has 2 heterocycles. The van der Waals surface area contributed by atoms with Gasteiger partial charge in [0.25, 0.3) is 5.91 Å². The summed E-state index contributed by atoms with van der Waals surface area (Å²) in [6.07, 6.45) is 2.50. The average Bonchev–Trinajstić information content (AvgIpc) is 3.21. The largest absolute Gasteiger partial charge is 0.497 e. The number of nitrogens with one attached hydrogen (secondary N) is 3. The van der Waals surface area contributed by atoms with E-state index in [0.717, 1.165) is 18.5 Å². The van der Waals surface area contributed by atoms with E-state index in [9.17, 15) is 14.4 Å². The summed E-state index contributed by atoms with van der Waals surface area (Å²) >= 11 is 0. The van der Waals surface area contributed by atoms with Crippen LogP contribution in [0.3, 0.4) is 0 Å². The van der Waals surface area contributed by atoms with Crippen LogP contribution in [0.4, 0.5) is 10.1 Å². The molecule has 0 bridgehead atoms. The number of fused-ring (bicyclic) bond motifs is 1. The van der Waals surface area contributed by atoms with Crippen molar-refractivity contribution < 1.29 is 13.9 Å². The van der Waals surface area contributed by atoms with Crippen LogP contribution in [0.25, 0.3) is 0 Å². The molecule has 2 fully saturated rings. The van der Waals surface area contributed by atoms with Crippen LogP contribution in [0.2, 0.25) is 0 Å². The van der Waals surface area contributed by atoms with Gasteiger partial charge in [-0.3, -0.25) is 10.2 Å². The molecule has 0 spiro atoms. The highest BCUT2D eigenvalue weighted by atomic mass is 19.1. The lowest BCUT2D eigenvalue weighted by Gasteiger charge is -2.35. The number of piperidine rings is 1. The number of carbonyl (C=O) groups excluding carboxylic acids is 1. The number of nitriles is 1. The molecule has 0 radical (unpaired) electrons. The van der Waals surface area contributed by atoms with Crippen LogP contribution in [-0.4, -0.2) is 37.0 Å². The Balaban J connectivity index is 1.44. The van der Waals surface area contributed by atoms with Crippen molar-refractivity contribution in [3.05, 3.63) is 71.7 Å². The summed E-state index contributed by atoms with van der Waals surface area (Å²) in [6.45, 7) is 1.40. The molecule has 0 saturated carbocycles. The van der Waals surface area contributed by atoms with Gasteiger partial charge in [-0.25, -0.2) is 9.82 Å². The molecule has 2 aromatic rings. The number of anilines is 1. The maximum atomic E-state index is 13.3. The number of likely N-dealkylation sites (tertiary alicyclic amines) is 1. The summed E-state index contributed by atoms with van der Waals surface area (Å²) in [7, 11) is 1.57. The number of benzene rings is 2.